The van der Waals surface area contributed by atoms with Gasteiger partial charge in [-0.15, -0.1) is 0 Å². The van der Waals surface area contributed by atoms with Crippen LogP contribution in [0.15, 0.2) is 71.8 Å². The second-order valence-corrected chi connectivity index (χ2v) is 20.0. The van der Waals surface area contributed by atoms with Crippen LogP contribution in [0.3, 0.4) is 0 Å². The molecule has 3 aromatic carbocycles. The summed E-state index contributed by atoms with van der Waals surface area (Å²) in [5.41, 5.74) is 10.4. The fourth-order valence-corrected chi connectivity index (χ4v) is 10.7. The number of piperidine rings is 1. The highest BCUT2D eigenvalue weighted by Crippen LogP contribution is 2.36. The first-order valence-electron chi connectivity index (χ1n) is 25.0. The summed E-state index contributed by atoms with van der Waals surface area (Å²) in [6, 6.07) is 14.6. The first-order valence-corrected chi connectivity index (χ1v) is 26.5. The zero-order chi connectivity index (χ0) is 52.9. The number of anilines is 2. The van der Waals surface area contributed by atoms with Gasteiger partial charge in [-0.05, 0) is 79.6 Å². The van der Waals surface area contributed by atoms with Crippen molar-refractivity contribution in [2.45, 2.75) is 61.9 Å². The molecule has 23 heteroatoms. The van der Waals surface area contributed by atoms with Crippen molar-refractivity contribution >= 4 is 57.0 Å². The Hall–Kier alpha value is -6.73. The van der Waals surface area contributed by atoms with Crippen LogP contribution < -0.4 is 27.0 Å². The van der Waals surface area contributed by atoms with Crippen molar-refractivity contribution in [1.29, 1.82) is 0 Å². The molecule has 1 aliphatic carbocycles. The third-order valence-corrected chi connectivity index (χ3v) is 14.9. The largest absolute Gasteiger partial charge is 0.383 e. The van der Waals surface area contributed by atoms with E-state index in [4.69, 9.17) is 29.4 Å². The summed E-state index contributed by atoms with van der Waals surface area (Å²) < 4.78 is 72.5. The summed E-state index contributed by atoms with van der Waals surface area (Å²) in [6.07, 6.45) is 4.09. The number of sulfonamides is 1. The second-order valence-electron chi connectivity index (χ2n) is 18.1. The predicted octanol–water partition coefficient (Wildman–Crippen LogP) is 3.07. The standard InChI is InChI=1S/C52H61FN8O13S/c53-42-31-37(8-10-38(42)35-30-41(48(54)58-32-35)33-5-9-39-34(29-33)13-16-57-49(39)64)75(68,69)60(36-6-7-36)18-2-15-56-45(62)14-19-70-21-23-72-25-27-74-28-26-73-24-22-71-20-17-55-43-4-1-3-40-47(43)52(67)61(51(40)66)44-11-12-46(63)59-50(44)65/h1,3-5,8-10,29-32,36,44,55H,2,6-7,11-28H2,(H2,54,58)(H,56,62)(H,57,64)(H,59,63,65). The monoisotopic (exact) mass is 1060 g/mol. The van der Waals surface area contributed by atoms with Gasteiger partial charge < -0.3 is 45.4 Å². The Morgan fingerprint density at radius 2 is 1.45 bits per heavy atom. The molecular weight excluding hydrogens is 996 g/mol. The van der Waals surface area contributed by atoms with Crippen molar-refractivity contribution < 1.29 is 65.3 Å². The summed E-state index contributed by atoms with van der Waals surface area (Å²) in [5, 5.41) is 10.9. The van der Waals surface area contributed by atoms with E-state index in [0.717, 1.165) is 22.1 Å². The molecule has 0 bridgehead atoms. The number of fused-ring (bicyclic) bond motifs is 2. The number of benzene rings is 3. The molecule has 8 rings (SSSR count). The lowest BCUT2D eigenvalue weighted by Crippen LogP contribution is -2.54. The molecular formula is C52H61FN8O13S. The van der Waals surface area contributed by atoms with Crippen LogP contribution in [0.25, 0.3) is 22.3 Å². The van der Waals surface area contributed by atoms with Gasteiger partial charge in [0, 0.05) is 79.2 Å². The van der Waals surface area contributed by atoms with Gasteiger partial charge in [-0.3, -0.25) is 39.0 Å². The number of nitrogens with two attached hydrogens (primary N) is 1. The van der Waals surface area contributed by atoms with E-state index in [2.05, 4.69) is 26.3 Å². The molecule has 6 N–H and O–H groups in total. The Morgan fingerprint density at radius 3 is 2.15 bits per heavy atom. The molecule has 6 amide bonds. The number of hydrogen-bond donors (Lipinski definition) is 5. The van der Waals surface area contributed by atoms with Gasteiger partial charge in [0.1, 0.15) is 17.7 Å². The third kappa shape index (κ3) is 13.8. The molecule has 1 atom stereocenters. The van der Waals surface area contributed by atoms with Crippen LogP contribution in [-0.2, 0) is 54.5 Å². The van der Waals surface area contributed by atoms with E-state index in [1.807, 2.05) is 6.07 Å². The molecule has 4 heterocycles. The maximum absolute atomic E-state index is 15.8. The van der Waals surface area contributed by atoms with E-state index in [0.29, 0.717) is 114 Å². The third-order valence-electron chi connectivity index (χ3n) is 12.9. The van der Waals surface area contributed by atoms with E-state index in [1.54, 1.807) is 30.3 Å². The molecule has 0 radical (unpaired) electrons. The molecule has 2 fully saturated rings. The lowest BCUT2D eigenvalue weighted by molar-refractivity contribution is -0.136. The number of halogens is 1. The Labute approximate surface area is 433 Å². The zero-order valence-corrected chi connectivity index (χ0v) is 42.2. The topological polar surface area (TPSA) is 276 Å². The second kappa shape index (κ2) is 25.7. The summed E-state index contributed by atoms with van der Waals surface area (Å²) in [5.74, 6) is -3.13. The first-order chi connectivity index (χ1) is 36.3. The highest BCUT2D eigenvalue weighted by atomic mass is 32.2. The van der Waals surface area contributed by atoms with Gasteiger partial charge in [-0.1, -0.05) is 24.3 Å². The van der Waals surface area contributed by atoms with Gasteiger partial charge in [0.05, 0.1) is 82.1 Å². The summed E-state index contributed by atoms with van der Waals surface area (Å²) in [4.78, 5) is 79.9. The van der Waals surface area contributed by atoms with E-state index in [-0.39, 0.29) is 90.8 Å². The van der Waals surface area contributed by atoms with Crippen LogP contribution in [0.1, 0.15) is 75.2 Å². The van der Waals surface area contributed by atoms with Crippen molar-refractivity contribution in [2.75, 3.05) is 103 Å². The van der Waals surface area contributed by atoms with E-state index in [1.165, 1.54) is 28.7 Å². The Morgan fingerprint density at radius 1 is 0.760 bits per heavy atom. The quantitative estimate of drug-likeness (QED) is 0.0386. The van der Waals surface area contributed by atoms with Crippen molar-refractivity contribution in [3.8, 4) is 22.3 Å². The molecule has 400 valence electrons. The minimum absolute atomic E-state index is 0.0438. The Bertz CT molecular complexity index is 2890. The first kappa shape index (κ1) is 54.5. The van der Waals surface area contributed by atoms with Gasteiger partial charge in [-0.25, -0.2) is 17.8 Å². The molecule has 4 aliphatic rings. The number of nitrogens with zero attached hydrogens (tertiary/aromatic N) is 3. The highest BCUT2D eigenvalue weighted by Gasteiger charge is 2.45. The zero-order valence-electron chi connectivity index (χ0n) is 41.4. The SMILES string of the molecule is Nc1ncc(-c2ccc(S(=O)(=O)N(CCCNC(=O)CCOCCOCCOCCOCCOCCNc3cccc4c3C(=O)N(C3CCC(=O)NC3=O)C4=O)C3CC3)cc2F)cc1-c1ccc2c(c1)CCNC2=O. The Kier molecular flexibility index (Phi) is 18.7. The van der Waals surface area contributed by atoms with Crippen molar-refractivity contribution in [1.82, 2.24) is 30.1 Å². The number of nitrogen functional groups attached to an aromatic ring is 1. The number of carbonyl (C=O) groups excluding carboxylic acids is 6. The summed E-state index contributed by atoms with van der Waals surface area (Å²) in [6.45, 7) is 4.42. The minimum atomic E-state index is -4.05. The fourth-order valence-electron chi connectivity index (χ4n) is 8.95. The number of imide groups is 2. The number of pyridine rings is 1. The number of amides is 6. The molecule has 0 spiro atoms. The maximum atomic E-state index is 15.8. The highest BCUT2D eigenvalue weighted by molar-refractivity contribution is 7.89. The predicted molar refractivity (Wildman–Crippen MR) is 270 cm³/mol. The average Bonchev–Trinajstić information content (AvgIpc) is 4.21. The van der Waals surface area contributed by atoms with Crippen LogP contribution in [0, 0.1) is 5.82 Å². The molecule has 75 heavy (non-hydrogen) atoms. The van der Waals surface area contributed by atoms with Crippen molar-refractivity contribution in [3.63, 3.8) is 0 Å². The number of carbonyl (C=O) groups is 6. The number of rotatable bonds is 29. The smallest absolute Gasteiger partial charge is 0.264 e. The Balaban J connectivity index is 0.633. The summed E-state index contributed by atoms with van der Waals surface area (Å²) >= 11 is 0. The maximum Gasteiger partial charge on any atom is 0.264 e. The van der Waals surface area contributed by atoms with Gasteiger partial charge >= 0.3 is 0 Å². The lowest BCUT2D eigenvalue weighted by Gasteiger charge is -2.27. The van der Waals surface area contributed by atoms with Crippen LogP contribution in [0.4, 0.5) is 15.9 Å². The number of aromatic nitrogens is 1. The van der Waals surface area contributed by atoms with E-state index >= 15 is 4.39 Å². The molecule has 3 aliphatic heterocycles. The van der Waals surface area contributed by atoms with Crippen LogP contribution in [0.2, 0.25) is 0 Å². The van der Waals surface area contributed by atoms with Crippen LogP contribution >= 0.6 is 0 Å². The molecule has 1 saturated carbocycles. The molecule has 1 unspecified atom stereocenters. The van der Waals surface area contributed by atoms with Gasteiger partial charge in [0.2, 0.25) is 27.7 Å². The molecule has 1 aromatic heterocycles. The molecule has 4 aromatic rings. The van der Waals surface area contributed by atoms with E-state index < -0.39 is 45.5 Å². The molecule has 21 nitrogen and oxygen atoms in total. The van der Waals surface area contributed by atoms with Crippen LogP contribution in [0.5, 0.6) is 0 Å². The minimum Gasteiger partial charge on any atom is -0.383 e. The lowest BCUT2D eigenvalue weighted by atomic mass is 9.94. The normalized spacial score (nSPS) is 16.5. The fraction of sp³-hybridized carbons (Fsp3) is 0.442. The number of hydrogen-bond acceptors (Lipinski definition) is 16. The van der Waals surface area contributed by atoms with Gasteiger partial charge in [0.25, 0.3) is 17.7 Å². The summed E-state index contributed by atoms with van der Waals surface area (Å²) in [7, 11) is -4.05. The number of ether oxygens (including phenoxy) is 5. The average molecular weight is 1060 g/mol. The van der Waals surface area contributed by atoms with Crippen molar-refractivity contribution in [2.24, 2.45) is 0 Å². The van der Waals surface area contributed by atoms with Gasteiger partial charge in [-0.2, -0.15) is 4.31 Å². The van der Waals surface area contributed by atoms with Gasteiger partial charge in [0.15, 0.2) is 0 Å². The number of nitrogens with one attached hydrogen (secondary N) is 4. The van der Waals surface area contributed by atoms with Crippen LogP contribution in [-0.4, -0.2) is 162 Å². The van der Waals surface area contributed by atoms with Crippen molar-refractivity contribution in [3.05, 3.63) is 94.9 Å². The van der Waals surface area contributed by atoms with E-state index in [9.17, 15) is 37.2 Å². The molecule has 1 saturated heterocycles.